The van der Waals surface area contributed by atoms with Gasteiger partial charge in [-0.2, -0.15) is 0 Å². The zero-order valence-electron chi connectivity index (χ0n) is 11.8. The van der Waals surface area contributed by atoms with Crippen molar-refractivity contribution in [1.29, 1.82) is 0 Å². The molecule has 1 unspecified atom stereocenters. The molecule has 0 radical (unpaired) electrons. The zero-order chi connectivity index (χ0) is 13.5. The van der Waals surface area contributed by atoms with E-state index >= 15 is 0 Å². The van der Waals surface area contributed by atoms with Gasteiger partial charge in [-0.1, -0.05) is 13.3 Å². The minimum Gasteiger partial charge on any atom is -0.344 e. The Bertz CT molecular complexity index is 380. The van der Waals surface area contributed by atoms with E-state index in [0.29, 0.717) is 24.3 Å². The van der Waals surface area contributed by atoms with E-state index < -0.39 is 0 Å². The molecule has 1 heterocycles. The van der Waals surface area contributed by atoms with Crippen LogP contribution in [0.15, 0.2) is 0 Å². The normalized spacial score (nSPS) is 30.6. The molecule has 0 aromatic heterocycles. The van der Waals surface area contributed by atoms with E-state index in [9.17, 15) is 9.59 Å². The van der Waals surface area contributed by atoms with Gasteiger partial charge in [0.15, 0.2) is 0 Å². The number of carbonyl (C=O) groups is 2. The van der Waals surface area contributed by atoms with Crippen LogP contribution in [0.5, 0.6) is 0 Å². The van der Waals surface area contributed by atoms with E-state index in [1.165, 1.54) is 19.3 Å². The summed E-state index contributed by atoms with van der Waals surface area (Å²) in [6.07, 6.45) is 7.55. The van der Waals surface area contributed by atoms with E-state index in [2.05, 4.69) is 12.2 Å². The molecule has 2 saturated carbocycles. The lowest BCUT2D eigenvalue weighted by Crippen LogP contribution is -2.50. The Morgan fingerprint density at radius 2 is 2.05 bits per heavy atom. The van der Waals surface area contributed by atoms with Crippen molar-refractivity contribution < 1.29 is 9.59 Å². The second-order valence-electron chi connectivity index (χ2n) is 6.60. The molecule has 0 spiro atoms. The summed E-state index contributed by atoms with van der Waals surface area (Å²) in [5, 5.41) is 2.93. The molecule has 1 atom stereocenters. The fourth-order valence-corrected chi connectivity index (χ4v) is 3.46. The summed E-state index contributed by atoms with van der Waals surface area (Å²) in [7, 11) is 0. The Morgan fingerprint density at radius 3 is 2.58 bits per heavy atom. The van der Waals surface area contributed by atoms with Crippen molar-refractivity contribution in [2.45, 2.75) is 57.9 Å². The van der Waals surface area contributed by atoms with Crippen LogP contribution in [0.4, 0.5) is 0 Å². The Kier molecular flexibility index (Phi) is 3.27. The predicted molar refractivity (Wildman–Crippen MR) is 72.4 cm³/mol. The van der Waals surface area contributed by atoms with Gasteiger partial charge in [-0.05, 0) is 43.4 Å². The van der Waals surface area contributed by atoms with Crippen LogP contribution in [-0.2, 0) is 9.59 Å². The maximum Gasteiger partial charge on any atom is 0.245 e. The van der Waals surface area contributed by atoms with Gasteiger partial charge in [0.25, 0.3) is 0 Å². The second kappa shape index (κ2) is 4.80. The van der Waals surface area contributed by atoms with E-state index in [1.807, 2.05) is 4.90 Å². The monoisotopic (exact) mass is 264 g/mol. The van der Waals surface area contributed by atoms with Crippen molar-refractivity contribution in [1.82, 2.24) is 10.2 Å². The lowest BCUT2D eigenvalue weighted by atomic mass is 9.66. The number of nitrogens with one attached hydrogen (secondary N) is 1. The first-order valence-electron chi connectivity index (χ1n) is 7.72. The molecule has 2 aliphatic carbocycles. The van der Waals surface area contributed by atoms with Gasteiger partial charge < -0.3 is 10.2 Å². The van der Waals surface area contributed by atoms with Crippen LogP contribution in [0.1, 0.15) is 51.9 Å². The van der Waals surface area contributed by atoms with Gasteiger partial charge in [-0.15, -0.1) is 0 Å². The topological polar surface area (TPSA) is 49.4 Å². The number of hydrogen-bond acceptors (Lipinski definition) is 2. The third-order valence-electron chi connectivity index (χ3n) is 5.29. The minimum absolute atomic E-state index is 0.0481. The molecule has 4 nitrogen and oxygen atoms in total. The lowest BCUT2D eigenvalue weighted by Gasteiger charge is -2.44. The highest BCUT2D eigenvalue weighted by Crippen LogP contribution is 2.45. The number of amides is 2. The highest BCUT2D eigenvalue weighted by molar-refractivity contribution is 5.90. The third-order valence-corrected chi connectivity index (χ3v) is 5.29. The van der Waals surface area contributed by atoms with Crippen LogP contribution in [0.3, 0.4) is 0 Å². The second-order valence-corrected chi connectivity index (χ2v) is 6.60. The molecule has 19 heavy (non-hydrogen) atoms. The minimum atomic E-state index is -0.232. The van der Waals surface area contributed by atoms with Crippen molar-refractivity contribution in [3.8, 4) is 0 Å². The number of carbonyl (C=O) groups excluding carboxylic acids is 2. The Labute approximate surface area is 114 Å². The van der Waals surface area contributed by atoms with Crippen LogP contribution < -0.4 is 5.32 Å². The molecule has 0 aromatic carbocycles. The molecular formula is C15H24N2O2. The molecule has 4 heteroatoms. The van der Waals surface area contributed by atoms with Gasteiger partial charge >= 0.3 is 0 Å². The molecule has 3 aliphatic rings. The molecular weight excluding hydrogens is 240 g/mol. The Balaban J connectivity index is 1.71. The van der Waals surface area contributed by atoms with Crippen molar-refractivity contribution >= 4 is 11.8 Å². The summed E-state index contributed by atoms with van der Waals surface area (Å²) in [6.45, 7) is 3.69. The van der Waals surface area contributed by atoms with E-state index in [1.54, 1.807) is 0 Å². The molecule has 106 valence electrons. The largest absolute Gasteiger partial charge is 0.344 e. The molecule has 0 aromatic rings. The predicted octanol–water partition coefficient (Wildman–Crippen LogP) is 1.69. The first kappa shape index (κ1) is 12.9. The molecule has 1 aliphatic heterocycles. The van der Waals surface area contributed by atoms with E-state index in [0.717, 1.165) is 25.8 Å². The van der Waals surface area contributed by atoms with Crippen molar-refractivity contribution in [2.24, 2.45) is 11.3 Å². The van der Waals surface area contributed by atoms with E-state index in [-0.39, 0.29) is 17.9 Å². The van der Waals surface area contributed by atoms with Gasteiger partial charge in [0.1, 0.15) is 6.04 Å². The van der Waals surface area contributed by atoms with Gasteiger partial charge in [0.2, 0.25) is 11.8 Å². The number of rotatable bonds is 4. The first-order valence-corrected chi connectivity index (χ1v) is 7.72. The summed E-state index contributed by atoms with van der Waals surface area (Å²) < 4.78 is 0. The molecule has 0 bridgehead atoms. The van der Waals surface area contributed by atoms with Crippen LogP contribution in [0, 0.1) is 11.3 Å². The molecule has 2 amide bonds. The average molecular weight is 264 g/mol. The SMILES string of the molecule is CCC1(CN2CCC(=O)NC(C3CC3)C2=O)CCC1. The summed E-state index contributed by atoms with van der Waals surface area (Å²) in [4.78, 5) is 26.3. The molecule has 1 saturated heterocycles. The summed E-state index contributed by atoms with van der Waals surface area (Å²) in [5.74, 6) is 0.621. The van der Waals surface area contributed by atoms with Crippen LogP contribution in [0.2, 0.25) is 0 Å². The van der Waals surface area contributed by atoms with Gasteiger partial charge in [-0.25, -0.2) is 0 Å². The fraction of sp³-hybridized carbons (Fsp3) is 0.867. The Morgan fingerprint density at radius 1 is 1.32 bits per heavy atom. The Hall–Kier alpha value is -1.06. The fourth-order valence-electron chi connectivity index (χ4n) is 3.46. The summed E-state index contributed by atoms with van der Waals surface area (Å²) >= 11 is 0. The standard InChI is InChI=1S/C15H24N2O2/c1-2-15(7-3-8-15)10-17-9-6-12(18)16-13(14(17)19)11-4-5-11/h11,13H,2-10H2,1H3,(H,16,18). The molecule has 1 N–H and O–H groups in total. The van der Waals surface area contributed by atoms with E-state index in [4.69, 9.17) is 0 Å². The van der Waals surface area contributed by atoms with Gasteiger partial charge in [-0.3, -0.25) is 9.59 Å². The highest BCUT2D eigenvalue weighted by Gasteiger charge is 2.44. The van der Waals surface area contributed by atoms with Crippen LogP contribution in [0.25, 0.3) is 0 Å². The maximum atomic E-state index is 12.6. The van der Waals surface area contributed by atoms with Crippen molar-refractivity contribution in [3.05, 3.63) is 0 Å². The lowest BCUT2D eigenvalue weighted by molar-refractivity contribution is -0.136. The van der Waals surface area contributed by atoms with Crippen LogP contribution in [-0.4, -0.2) is 35.8 Å². The molecule has 3 rings (SSSR count). The third kappa shape index (κ3) is 2.49. The number of hydrogen-bond donors (Lipinski definition) is 1. The van der Waals surface area contributed by atoms with Crippen molar-refractivity contribution in [3.63, 3.8) is 0 Å². The van der Waals surface area contributed by atoms with Gasteiger partial charge in [0.05, 0.1) is 0 Å². The molecule has 3 fully saturated rings. The number of nitrogens with zero attached hydrogens (tertiary/aromatic N) is 1. The smallest absolute Gasteiger partial charge is 0.245 e. The zero-order valence-corrected chi connectivity index (χ0v) is 11.8. The van der Waals surface area contributed by atoms with Gasteiger partial charge in [0, 0.05) is 19.5 Å². The first-order chi connectivity index (χ1) is 9.13. The maximum absolute atomic E-state index is 12.6. The van der Waals surface area contributed by atoms with Crippen LogP contribution >= 0.6 is 0 Å². The quantitative estimate of drug-likeness (QED) is 0.840. The van der Waals surface area contributed by atoms with Crippen molar-refractivity contribution in [2.75, 3.05) is 13.1 Å². The summed E-state index contributed by atoms with van der Waals surface area (Å²) in [5.41, 5.74) is 0.344. The highest BCUT2D eigenvalue weighted by atomic mass is 16.2. The average Bonchev–Trinajstić information content (AvgIpc) is 3.17. The summed E-state index contributed by atoms with van der Waals surface area (Å²) in [6, 6.07) is -0.232.